The van der Waals surface area contributed by atoms with Gasteiger partial charge in [0.25, 0.3) is 0 Å². The first kappa shape index (κ1) is 26.1. The molecule has 0 saturated heterocycles. The Morgan fingerprint density at radius 3 is 2.22 bits per heavy atom. The van der Waals surface area contributed by atoms with Gasteiger partial charge in [0.2, 0.25) is 10.0 Å². The maximum Gasteiger partial charge on any atom is 0.407 e. The predicted molar refractivity (Wildman–Crippen MR) is 142 cm³/mol. The highest BCUT2D eigenvalue weighted by atomic mass is 32.2. The molecule has 1 aliphatic rings. The fourth-order valence-corrected chi connectivity index (χ4v) is 5.95. The molecule has 36 heavy (non-hydrogen) atoms. The Morgan fingerprint density at radius 2 is 1.56 bits per heavy atom. The lowest BCUT2D eigenvalue weighted by Crippen LogP contribution is -2.37. The van der Waals surface area contributed by atoms with Gasteiger partial charge in [0.05, 0.1) is 16.1 Å². The summed E-state index contributed by atoms with van der Waals surface area (Å²) in [5.41, 5.74) is 1.64. The molecular formula is C28H35N3O4S. The van der Waals surface area contributed by atoms with E-state index in [2.05, 4.69) is 10.0 Å². The molecule has 0 bridgehead atoms. The van der Waals surface area contributed by atoms with Gasteiger partial charge in [-0.1, -0.05) is 48.5 Å². The van der Waals surface area contributed by atoms with E-state index >= 15 is 0 Å². The SMILES string of the molecule is CC(C)(C)OC(=O)NC[C@H]1CC[C@H](CNS(=O)(=O)c2cc(-c3ccccc3)nc3ccccc23)CC1. The summed E-state index contributed by atoms with van der Waals surface area (Å²) in [6.45, 7) is 6.51. The molecule has 1 fully saturated rings. The van der Waals surface area contributed by atoms with Gasteiger partial charge in [-0.05, 0) is 70.4 Å². The quantitative estimate of drug-likeness (QED) is 0.438. The minimum atomic E-state index is -3.73. The van der Waals surface area contributed by atoms with Crippen molar-refractivity contribution in [2.75, 3.05) is 13.1 Å². The van der Waals surface area contributed by atoms with Gasteiger partial charge >= 0.3 is 6.09 Å². The summed E-state index contributed by atoms with van der Waals surface area (Å²) in [4.78, 5) is 16.9. The van der Waals surface area contributed by atoms with Crippen LogP contribution in [0.3, 0.4) is 0 Å². The Balaban J connectivity index is 1.38. The molecular weight excluding hydrogens is 474 g/mol. The third-order valence-electron chi connectivity index (χ3n) is 6.50. The number of hydrogen-bond acceptors (Lipinski definition) is 5. The van der Waals surface area contributed by atoms with Crippen molar-refractivity contribution in [3.63, 3.8) is 0 Å². The number of pyridine rings is 1. The van der Waals surface area contributed by atoms with Crippen molar-refractivity contribution in [2.24, 2.45) is 11.8 Å². The van der Waals surface area contributed by atoms with Crippen molar-refractivity contribution < 1.29 is 17.9 Å². The smallest absolute Gasteiger partial charge is 0.407 e. The van der Waals surface area contributed by atoms with Crippen LogP contribution in [-0.4, -0.2) is 38.2 Å². The van der Waals surface area contributed by atoms with Crippen molar-refractivity contribution in [1.29, 1.82) is 0 Å². The monoisotopic (exact) mass is 509 g/mol. The van der Waals surface area contributed by atoms with Crippen LogP contribution in [0, 0.1) is 11.8 Å². The molecule has 1 aliphatic carbocycles. The summed E-state index contributed by atoms with van der Waals surface area (Å²) in [7, 11) is -3.73. The van der Waals surface area contributed by atoms with Gasteiger partial charge in [0, 0.05) is 24.0 Å². The summed E-state index contributed by atoms with van der Waals surface area (Å²) < 4.78 is 35.0. The van der Waals surface area contributed by atoms with Gasteiger partial charge in [0.1, 0.15) is 5.60 Å². The third kappa shape index (κ3) is 6.83. The first-order valence-corrected chi connectivity index (χ1v) is 14.0. The first-order valence-electron chi connectivity index (χ1n) is 12.5. The Labute approximate surface area is 213 Å². The normalized spacial score (nSPS) is 18.6. The summed E-state index contributed by atoms with van der Waals surface area (Å²) in [5, 5.41) is 3.47. The number of aromatic nitrogens is 1. The van der Waals surface area contributed by atoms with Crippen molar-refractivity contribution in [3.8, 4) is 11.3 Å². The van der Waals surface area contributed by atoms with E-state index in [0.29, 0.717) is 35.6 Å². The van der Waals surface area contributed by atoms with Crippen LogP contribution >= 0.6 is 0 Å². The molecule has 1 aromatic heterocycles. The zero-order valence-electron chi connectivity index (χ0n) is 21.2. The average molecular weight is 510 g/mol. The topological polar surface area (TPSA) is 97.4 Å². The van der Waals surface area contributed by atoms with Crippen LogP contribution in [0.1, 0.15) is 46.5 Å². The van der Waals surface area contributed by atoms with Crippen molar-refractivity contribution >= 4 is 27.0 Å². The molecule has 1 heterocycles. The second-order valence-electron chi connectivity index (χ2n) is 10.5. The molecule has 1 saturated carbocycles. The predicted octanol–water partition coefficient (Wildman–Crippen LogP) is 5.51. The average Bonchev–Trinajstić information content (AvgIpc) is 2.86. The lowest BCUT2D eigenvalue weighted by Gasteiger charge is -2.29. The lowest BCUT2D eigenvalue weighted by molar-refractivity contribution is 0.0513. The number of nitrogens with one attached hydrogen (secondary N) is 2. The minimum Gasteiger partial charge on any atom is -0.444 e. The molecule has 0 atom stereocenters. The van der Waals surface area contributed by atoms with Crippen LogP contribution in [-0.2, 0) is 14.8 Å². The second-order valence-corrected chi connectivity index (χ2v) is 12.2. The highest BCUT2D eigenvalue weighted by Crippen LogP contribution is 2.30. The number of carbonyl (C=O) groups is 1. The van der Waals surface area contributed by atoms with E-state index in [0.717, 1.165) is 31.2 Å². The van der Waals surface area contributed by atoms with Gasteiger partial charge in [-0.3, -0.25) is 0 Å². The molecule has 0 unspecified atom stereocenters. The van der Waals surface area contributed by atoms with Crippen LogP contribution in [0.4, 0.5) is 4.79 Å². The van der Waals surface area contributed by atoms with Crippen LogP contribution in [0.15, 0.2) is 65.6 Å². The largest absolute Gasteiger partial charge is 0.444 e. The summed E-state index contributed by atoms with van der Waals surface area (Å²) in [5.74, 6) is 0.641. The number of rotatable bonds is 7. The van der Waals surface area contributed by atoms with E-state index in [9.17, 15) is 13.2 Å². The highest BCUT2D eigenvalue weighted by Gasteiger charge is 2.26. The molecule has 1 amide bonds. The number of amides is 1. The summed E-state index contributed by atoms with van der Waals surface area (Å²) in [6, 6.07) is 18.6. The Kier molecular flexibility index (Phi) is 7.95. The van der Waals surface area contributed by atoms with Gasteiger partial charge in [-0.25, -0.2) is 22.9 Å². The maximum absolute atomic E-state index is 13.4. The van der Waals surface area contributed by atoms with Gasteiger partial charge in [-0.15, -0.1) is 0 Å². The second kappa shape index (κ2) is 11.0. The molecule has 2 aromatic carbocycles. The first-order chi connectivity index (χ1) is 17.1. The van der Waals surface area contributed by atoms with Crippen LogP contribution in [0.25, 0.3) is 22.2 Å². The fraction of sp³-hybridized carbons (Fsp3) is 0.429. The summed E-state index contributed by atoms with van der Waals surface area (Å²) in [6.07, 6.45) is 3.32. The van der Waals surface area contributed by atoms with E-state index in [1.165, 1.54) is 0 Å². The number of nitrogens with zero attached hydrogens (tertiary/aromatic N) is 1. The maximum atomic E-state index is 13.4. The molecule has 7 nitrogen and oxygen atoms in total. The Morgan fingerprint density at radius 1 is 0.944 bits per heavy atom. The molecule has 4 rings (SSSR count). The molecule has 0 aliphatic heterocycles. The number of alkyl carbamates (subject to hydrolysis) is 1. The zero-order chi connectivity index (χ0) is 25.8. The van der Waals surface area contributed by atoms with E-state index in [1.807, 2.05) is 69.3 Å². The van der Waals surface area contributed by atoms with E-state index in [4.69, 9.17) is 9.72 Å². The molecule has 0 radical (unpaired) electrons. The molecule has 2 N–H and O–H groups in total. The number of sulfonamides is 1. The zero-order valence-corrected chi connectivity index (χ0v) is 22.0. The van der Waals surface area contributed by atoms with Crippen molar-refractivity contribution in [1.82, 2.24) is 15.0 Å². The summed E-state index contributed by atoms with van der Waals surface area (Å²) >= 11 is 0. The van der Waals surface area contributed by atoms with E-state index in [1.54, 1.807) is 12.1 Å². The van der Waals surface area contributed by atoms with Crippen LogP contribution in [0.5, 0.6) is 0 Å². The molecule has 3 aromatic rings. The number of para-hydroxylation sites is 1. The van der Waals surface area contributed by atoms with E-state index < -0.39 is 21.7 Å². The van der Waals surface area contributed by atoms with E-state index in [-0.39, 0.29) is 10.8 Å². The minimum absolute atomic E-state index is 0.252. The van der Waals surface area contributed by atoms with Crippen LogP contribution < -0.4 is 10.0 Å². The molecule has 192 valence electrons. The molecule has 8 heteroatoms. The van der Waals surface area contributed by atoms with Gasteiger partial charge < -0.3 is 10.1 Å². The molecule has 0 spiro atoms. The Hall–Kier alpha value is -2.97. The fourth-order valence-electron chi connectivity index (χ4n) is 4.61. The van der Waals surface area contributed by atoms with Gasteiger partial charge in [-0.2, -0.15) is 0 Å². The number of hydrogen-bond donors (Lipinski definition) is 2. The van der Waals surface area contributed by atoms with Crippen LogP contribution in [0.2, 0.25) is 0 Å². The van der Waals surface area contributed by atoms with Crippen molar-refractivity contribution in [2.45, 2.75) is 57.0 Å². The van der Waals surface area contributed by atoms with Gasteiger partial charge in [0.15, 0.2) is 0 Å². The highest BCUT2D eigenvalue weighted by molar-refractivity contribution is 7.89. The standard InChI is InChI=1S/C28H35N3O4S/c1-28(2,3)35-27(32)29-18-20-13-15-21(16-14-20)19-30-36(33,34)26-17-25(22-9-5-4-6-10-22)31-24-12-8-7-11-23(24)26/h4-12,17,20-21,30H,13-16,18-19H2,1-3H3,(H,29,32)/t20-,21-. The number of ether oxygens (including phenoxy) is 1. The lowest BCUT2D eigenvalue weighted by atomic mass is 9.82. The third-order valence-corrected chi connectivity index (χ3v) is 7.96. The number of fused-ring (bicyclic) bond motifs is 1. The Bertz CT molecular complexity index is 1300. The van der Waals surface area contributed by atoms with Crippen molar-refractivity contribution in [3.05, 3.63) is 60.7 Å². The number of carbonyl (C=O) groups excluding carboxylic acids is 1. The number of benzene rings is 2.